The Morgan fingerprint density at radius 2 is 1.50 bits per heavy atom. The number of benzene rings is 3. The highest BCUT2D eigenvalue weighted by molar-refractivity contribution is 7.88. The van der Waals surface area contributed by atoms with Gasteiger partial charge in [-0.05, 0) is 36.2 Å². The Bertz CT molecular complexity index is 1180. The van der Waals surface area contributed by atoms with Gasteiger partial charge in [-0.1, -0.05) is 60.7 Å². The van der Waals surface area contributed by atoms with Crippen molar-refractivity contribution in [3.8, 4) is 16.9 Å². The van der Waals surface area contributed by atoms with Crippen molar-refractivity contribution >= 4 is 21.9 Å². The third kappa shape index (κ3) is 5.58. The highest BCUT2D eigenvalue weighted by atomic mass is 32.2. The molecule has 1 N–H and O–H groups in total. The Balaban J connectivity index is 1.74. The molecule has 32 heavy (non-hydrogen) atoms. The van der Waals surface area contributed by atoms with Crippen LogP contribution in [0.3, 0.4) is 0 Å². The quantitative estimate of drug-likeness (QED) is 0.363. The largest absolute Gasteiger partial charge is 0.534 e. The molecule has 10 heteroatoms. The summed E-state index contributed by atoms with van der Waals surface area (Å²) in [5.41, 5.74) is -3.26. The summed E-state index contributed by atoms with van der Waals surface area (Å²) in [6.45, 7) is 1.73. The molecule has 3 aromatic rings. The van der Waals surface area contributed by atoms with Gasteiger partial charge in [-0.25, -0.2) is 4.79 Å². The lowest BCUT2D eigenvalue weighted by Crippen LogP contribution is -2.28. The first-order valence-electron chi connectivity index (χ1n) is 9.29. The Morgan fingerprint density at radius 3 is 2.12 bits per heavy atom. The predicted molar refractivity (Wildman–Crippen MR) is 112 cm³/mol. The van der Waals surface area contributed by atoms with E-state index in [9.17, 15) is 26.4 Å². The third-order valence-corrected chi connectivity index (χ3v) is 5.35. The first kappa shape index (κ1) is 23.1. The molecule has 0 bridgehead atoms. The lowest BCUT2D eigenvalue weighted by molar-refractivity contribution is -0.0500. The molecule has 1 amide bonds. The molecule has 0 fully saturated rings. The van der Waals surface area contributed by atoms with Crippen molar-refractivity contribution in [2.24, 2.45) is 0 Å². The molecular formula is C22H18F3NO5S. The zero-order valence-electron chi connectivity index (χ0n) is 16.7. The normalized spacial score (nSPS) is 12.6. The molecule has 3 aromatic carbocycles. The molecule has 6 nitrogen and oxygen atoms in total. The minimum atomic E-state index is -5.76. The number of ether oxygens (including phenoxy) is 1. The molecule has 0 saturated heterocycles. The summed E-state index contributed by atoms with van der Waals surface area (Å²) in [7, 11) is -5.76. The fourth-order valence-corrected chi connectivity index (χ4v) is 3.26. The van der Waals surface area contributed by atoms with E-state index in [0.29, 0.717) is 16.8 Å². The Kier molecular flexibility index (Phi) is 6.73. The van der Waals surface area contributed by atoms with Crippen molar-refractivity contribution in [2.45, 2.75) is 18.5 Å². The number of rotatable bonds is 6. The Morgan fingerprint density at radius 1 is 0.906 bits per heavy atom. The Labute approximate surface area is 182 Å². The first-order chi connectivity index (χ1) is 15.1. The molecule has 1 unspecified atom stereocenters. The summed E-state index contributed by atoms with van der Waals surface area (Å²) >= 11 is 0. The lowest BCUT2D eigenvalue weighted by Gasteiger charge is -2.16. The van der Waals surface area contributed by atoms with Crippen LogP contribution in [0, 0.1) is 0 Å². The molecule has 0 radical (unpaired) electrons. The standard InChI is InChI=1S/C22H18F3NO5S/c1-15(16-7-3-2-4-8-16)30-21(27)26-20-10-6-5-9-19(20)17-11-13-18(14-12-17)31-32(28,29)22(23,24)25/h2-15H,1H3,(H,26,27). The van der Waals surface area contributed by atoms with Crippen molar-refractivity contribution in [1.82, 2.24) is 0 Å². The number of hydrogen-bond donors (Lipinski definition) is 1. The van der Waals surface area contributed by atoms with Gasteiger partial charge < -0.3 is 8.92 Å². The minimum absolute atomic E-state index is 0.398. The average molecular weight is 465 g/mol. The van der Waals surface area contributed by atoms with Gasteiger partial charge in [0.25, 0.3) is 0 Å². The van der Waals surface area contributed by atoms with Crippen LogP contribution < -0.4 is 9.50 Å². The molecule has 0 aliphatic carbocycles. The van der Waals surface area contributed by atoms with E-state index >= 15 is 0 Å². The number of anilines is 1. The van der Waals surface area contributed by atoms with E-state index in [0.717, 1.165) is 17.7 Å². The summed E-state index contributed by atoms with van der Waals surface area (Å²) in [4.78, 5) is 12.4. The Hall–Kier alpha value is -3.53. The van der Waals surface area contributed by atoms with Crippen molar-refractivity contribution in [2.75, 3.05) is 5.32 Å². The second-order valence-electron chi connectivity index (χ2n) is 6.64. The third-order valence-electron chi connectivity index (χ3n) is 4.37. The highest BCUT2D eigenvalue weighted by Crippen LogP contribution is 2.32. The lowest BCUT2D eigenvalue weighted by atomic mass is 10.0. The average Bonchev–Trinajstić information content (AvgIpc) is 2.74. The van der Waals surface area contributed by atoms with E-state index in [1.54, 1.807) is 31.2 Å². The molecule has 0 aliphatic heterocycles. The fourth-order valence-electron chi connectivity index (χ4n) is 2.80. The summed E-state index contributed by atoms with van der Waals surface area (Å²) in [5, 5.41) is 2.65. The van der Waals surface area contributed by atoms with Crippen molar-refractivity contribution in [1.29, 1.82) is 0 Å². The number of halogens is 3. The van der Waals surface area contributed by atoms with Crippen LogP contribution in [-0.4, -0.2) is 20.0 Å². The topological polar surface area (TPSA) is 81.7 Å². The molecule has 1 atom stereocenters. The predicted octanol–water partition coefficient (Wildman–Crippen LogP) is 5.89. The maximum Gasteiger partial charge on any atom is 0.534 e. The van der Waals surface area contributed by atoms with Gasteiger partial charge in [-0.2, -0.15) is 21.6 Å². The van der Waals surface area contributed by atoms with Gasteiger partial charge in [0.15, 0.2) is 0 Å². The number of carbonyl (C=O) groups excluding carboxylic acids is 1. The number of nitrogens with one attached hydrogen (secondary N) is 1. The van der Waals surface area contributed by atoms with E-state index in [1.165, 1.54) is 12.1 Å². The SMILES string of the molecule is CC(OC(=O)Nc1ccccc1-c1ccc(OS(=O)(=O)C(F)(F)F)cc1)c1ccccc1. The number of hydrogen-bond acceptors (Lipinski definition) is 5. The van der Waals surface area contributed by atoms with Crippen LogP contribution in [0.25, 0.3) is 11.1 Å². The van der Waals surface area contributed by atoms with Gasteiger partial charge in [0, 0.05) is 5.56 Å². The summed E-state index contributed by atoms with van der Waals surface area (Å²) in [6.07, 6.45) is -1.18. The van der Waals surface area contributed by atoms with Crippen LogP contribution in [-0.2, 0) is 14.9 Å². The number of amides is 1. The maximum absolute atomic E-state index is 12.5. The molecule has 0 heterocycles. The second-order valence-corrected chi connectivity index (χ2v) is 8.17. The van der Waals surface area contributed by atoms with Crippen LogP contribution in [0.2, 0.25) is 0 Å². The van der Waals surface area contributed by atoms with Crippen molar-refractivity contribution < 1.29 is 35.3 Å². The molecule has 3 rings (SSSR count). The highest BCUT2D eigenvalue weighted by Gasteiger charge is 2.48. The summed E-state index contributed by atoms with van der Waals surface area (Å²) < 4.78 is 69.2. The van der Waals surface area contributed by atoms with Gasteiger partial charge in [0.2, 0.25) is 0 Å². The summed E-state index contributed by atoms with van der Waals surface area (Å²) in [5.74, 6) is -0.493. The number of alkyl halides is 3. The van der Waals surface area contributed by atoms with E-state index in [1.807, 2.05) is 30.3 Å². The minimum Gasteiger partial charge on any atom is -0.441 e. The summed E-state index contributed by atoms with van der Waals surface area (Å²) in [6, 6.07) is 20.8. The van der Waals surface area contributed by atoms with E-state index in [4.69, 9.17) is 4.74 Å². The number of carbonyl (C=O) groups is 1. The van der Waals surface area contributed by atoms with Gasteiger partial charge in [-0.3, -0.25) is 5.32 Å². The second kappa shape index (κ2) is 9.31. The van der Waals surface area contributed by atoms with Gasteiger partial charge in [0.05, 0.1) is 5.69 Å². The maximum atomic E-state index is 12.5. The van der Waals surface area contributed by atoms with Crippen LogP contribution in [0.15, 0.2) is 78.9 Å². The van der Waals surface area contributed by atoms with Crippen LogP contribution >= 0.6 is 0 Å². The molecule has 168 valence electrons. The van der Waals surface area contributed by atoms with Crippen molar-refractivity contribution in [3.63, 3.8) is 0 Å². The van der Waals surface area contributed by atoms with E-state index in [2.05, 4.69) is 9.50 Å². The molecular weight excluding hydrogens is 447 g/mol. The van der Waals surface area contributed by atoms with Crippen LogP contribution in [0.4, 0.5) is 23.7 Å². The van der Waals surface area contributed by atoms with E-state index < -0.39 is 33.6 Å². The fraction of sp³-hybridized carbons (Fsp3) is 0.136. The monoisotopic (exact) mass is 465 g/mol. The zero-order valence-corrected chi connectivity index (χ0v) is 17.5. The first-order valence-corrected chi connectivity index (χ1v) is 10.7. The smallest absolute Gasteiger partial charge is 0.441 e. The number of para-hydroxylation sites is 1. The van der Waals surface area contributed by atoms with Crippen LogP contribution in [0.1, 0.15) is 18.6 Å². The van der Waals surface area contributed by atoms with Gasteiger partial charge in [0.1, 0.15) is 11.9 Å². The molecule has 0 aromatic heterocycles. The zero-order chi connectivity index (χ0) is 23.4. The van der Waals surface area contributed by atoms with Gasteiger partial charge in [-0.15, -0.1) is 0 Å². The van der Waals surface area contributed by atoms with Crippen LogP contribution in [0.5, 0.6) is 5.75 Å². The molecule has 0 aliphatic rings. The molecule has 0 saturated carbocycles. The molecule has 0 spiro atoms. The van der Waals surface area contributed by atoms with E-state index in [-0.39, 0.29) is 0 Å². The van der Waals surface area contributed by atoms with Gasteiger partial charge >= 0.3 is 21.7 Å². The van der Waals surface area contributed by atoms with Crippen molar-refractivity contribution in [3.05, 3.63) is 84.4 Å².